The van der Waals surface area contributed by atoms with Crippen LogP contribution < -0.4 is 11.1 Å². The molecule has 1 aromatic carbocycles. The number of fused-ring (bicyclic) bond motifs is 2. The van der Waals surface area contributed by atoms with E-state index in [1.54, 1.807) is 6.07 Å². The molecule has 7 nitrogen and oxygen atoms in total. The van der Waals surface area contributed by atoms with E-state index in [4.69, 9.17) is 5.73 Å². The van der Waals surface area contributed by atoms with Gasteiger partial charge in [-0.05, 0) is 67.9 Å². The molecule has 2 fully saturated rings. The number of hydrogen-bond acceptors (Lipinski definition) is 7. The molecule has 1 aliphatic carbocycles. The number of hydrogen-bond donors (Lipinski definition) is 2. The first-order valence-corrected chi connectivity index (χ1v) is 14.9. The number of piperidine rings is 1. The van der Waals surface area contributed by atoms with E-state index in [2.05, 4.69) is 62.7 Å². The van der Waals surface area contributed by atoms with Gasteiger partial charge < -0.3 is 15.6 Å². The molecule has 4 aromatic rings. The van der Waals surface area contributed by atoms with E-state index in [0.717, 1.165) is 74.1 Å². The highest BCUT2D eigenvalue weighted by Crippen LogP contribution is 2.34. The number of aryl methyl sites for hydroxylation is 1. The predicted molar refractivity (Wildman–Crippen MR) is 161 cm³/mol. The Bertz CT molecular complexity index is 1620. The van der Waals surface area contributed by atoms with Gasteiger partial charge in [0.1, 0.15) is 28.7 Å². The summed E-state index contributed by atoms with van der Waals surface area (Å²) < 4.78 is 40.8. The molecule has 220 valence electrons. The van der Waals surface area contributed by atoms with Crippen molar-refractivity contribution in [2.24, 2.45) is 11.7 Å². The Kier molecular flexibility index (Phi) is 8.74. The quantitative estimate of drug-likeness (QED) is 0.256. The second-order valence-corrected chi connectivity index (χ2v) is 12.4. The molecule has 3 aromatic heterocycles. The van der Waals surface area contributed by atoms with Crippen molar-refractivity contribution in [1.82, 2.24) is 19.4 Å². The standard InChI is InChI=1S/C29H32F3N7S.C2H2/c1-17-19(2-3-26-24(17)10-22(13-33)39(26)14-18-8-20(34)9-18)15-38-6-4-21(5-7-38)37-27-25-11-23(12-29(30,31)32)40-28(25)36-16-35-27;1-2/h2-3,10-11,16,18,20-21H,4-9,12,14-15,34H2,1H3,(H,35,36,37);1-2H. The number of alkyl halides is 3. The number of rotatable bonds is 7. The normalized spacial score (nSPS) is 19.7. The first kappa shape index (κ1) is 29.8. The zero-order valence-electron chi connectivity index (χ0n) is 23.5. The summed E-state index contributed by atoms with van der Waals surface area (Å²) in [5.74, 6) is 1.14. The zero-order valence-corrected chi connectivity index (χ0v) is 24.3. The third-order valence-corrected chi connectivity index (χ3v) is 9.41. The fourth-order valence-corrected chi connectivity index (χ4v) is 7.18. The number of likely N-dealkylation sites (tertiary alicyclic amines) is 1. The molecule has 0 atom stereocenters. The molecule has 2 aliphatic rings. The number of terminal acetylenes is 1. The minimum atomic E-state index is -4.25. The number of anilines is 1. The van der Waals surface area contributed by atoms with Gasteiger partial charge in [0, 0.05) is 54.0 Å². The molecule has 1 aliphatic heterocycles. The second kappa shape index (κ2) is 12.3. The average Bonchev–Trinajstić information content (AvgIpc) is 3.52. The van der Waals surface area contributed by atoms with Crippen LogP contribution in [0.1, 0.15) is 47.4 Å². The lowest BCUT2D eigenvalue weighted by molar-refractivity contribution is -0.126. The van der Waals surface area contributed by atoms with Crippen LogP contribution in [-0.4, -0.2) is 50.8 Å². The van der Waals surface area contributed by atoms with Crippen molar-refractivity contribution in [1.29, 1.82) is 5.26 Å². The van der Waals surface area contributed by atoms with Crippen LogP contribution in [0, 0.1) is 37.0 Å². The van der Waals surface area contributed by atoms with Crippen LogP contribution >= 0.6 is 11.3 Å². The molecule has 6 rings (SSSR count). The maximum atomic E-state index is 12.9. The van der Waals surface area contributed by atoms with E-state index in [0.29, 0.717) is 33.7 Å². The van der Waals surface area contributed by atoms with E-state index >= 15 is 0 Å². The highest BCUT2D eigenvalue weighted by molar-refractivity contribution is 7.18. The number of nitrogens with zero attached hydrogens (tertiary/aromatic N) is 5. The summed E-state index contributed by atoms with van der Waals surface area (Å²) in [4.78, 5) is 11.8. The molecule has 0 radical (unpaired) electrons. The number of nitriles is 1. The molecule has 4 heterocycles. The average molecular weight is 594 g/mol. The van der Waals surface area contributed by atoms with Crippen molar-refractivity contribution in [3.63, 3.8) is 0 Å². The topological polar surface area (TPSA) is 95.8 Å². The Morgan fingerprint density at radius 3 is 2.55 bits per heavy atom. The molecule has 0 bridgehead atoms. The van der Waals surface area contributed by atoms with Gasteiger partial charge >= 0.3 is 6.18 Å². The van der Waals surface area contributed by atoms with Gasteiger partial charge in [-0.1, -0.05) is 6.07 Å². The van der Waals surface area contributed by atoms with Crippen molar-refractivity contribution < 1.29 is 13.2 Å². The maximum Gasteiger partial charge on any atom is 0.393 e. The lowest BCUT2D eigenvalue weighted by Gasteiger charge is -2.33. The summed E-state index contributed by atoms with van der Waals surface area (Å²) in [6.07, 6.45) is 8.06. The Labute approximate surface area is 247 Å². The largest absolute Gasteiger partial charge is 0.393 e. The number of aromatic nitrogens is 3. The van der Waals surface area contributed by atoms with Gasteiger partial charge in [-0.2, -0.15) is 18.4 Å². The van der Waals surface area contributed by atoms with Gasteiger partial charge in [-0.15, -0.1) is 24.2 Å². The maximum absolute atomic E-state index is 12.9. The lowest BCUT2D eigenvalue weighted by Crippen LogP contribution is -2.39. The fourth-order valence-electron chi connectivity index (χ4n) is 6.15. The molecule has 0 unspecified atom stereocenters. The molecule has 11 heteroatoms. The van der Waals surface area contributed by atoms with Crippen LogP contribution in [0.5, 0.6) is 0 Å². The van der Waals surface area contributed by atoms with E-state index in [-0.39, 0.29) is 10.9 Å². The number of halogens is 3. The second-order valence-electron chi connectivity index (χ2n) is 11.3. The molecule has 3 N–H and O–H groups in total. The summed E-state index contributed by atoms with van der Waals surface area (Å²) in [7, 11) is 0. The van der Waals surface area contributed by atoms with Crippen molar-refractivity contribution in [2.45, 2.75) is 70.4 Å². The van der Waals surface area contributed by atoms with Crippen LogP contribution in [0.15, 0.2) is 30.6 Å². The molecule has 0 spiro atoms. The zero-order chi connectivity index (χ0) is 30.0. The van der Waals surface area contributed by atoms with Crippen molar-refractivity contribution in [3.8, 4) is 18.9 Å². The summed E-state index contributed by atoms with van der Waals surface area (Å²) in [6.45, 7) is 5.62. The first-order valence-electron chi connectivity index (χ1n) is 14.1. The SMILES string of the molecule is C#C.Cc1c(CN2CCC(Nc3ncnc4sc(CC(F)(F)F)cc34)CC2)ccc2c1cc(C#N)n2CC1CC(N)C1. The van der Waals surface area contributed by atoms with Gasteiger partial charge in [0.15, 0.2) is 0 Å². The molecular formula is C31H34F3N7S. The van der Waals surface area contributed by atoms with E-state index in [1.165, 1.54) is 17.5 Å². The van der Waals surface area contributed by atoms with Crippen molar-refractivity contribution in [3.05, 3.63) is 52.3 Å². The molecule has 1 saturated heterocycles. The first-order chi connectivity index (χ1) is 20.2. The number of nitrogens with one attached hydrogen (secondary N) is 1. The van der Waals surface area contributed by atoms with Crippen LogP contribution in [0.4, 0.5) is 19.0 Å². The third-order valence-electron chi connectivity index (χ3n) is 8.37. The minimum absolute atomic E-state index is 0.190. The highest BCUT2D eigenvalue weighted by atomic mass is 32.1. The third kappa shape index (κ3) is 6.39. The monoisotopic (exact) mass is 593 g/mol. The number of benzene rings is 1. The summed E-state index contributed by atoms with van der Waals surface area (Å²) in [6, 6.07) is 10.8. The number of nitrogens with two attached hydrogens (primary N) is 1. The summed E-state index contributed by atoms with van der Waals surface area (Å²) in [5, 5.41) is 15.0. The smallest absolute Gasteiger partial charge is 0.367 e. The van der Waals surface area contributed by atoms with Gasteiger partial charge in [-0.25, -0.2) is 9.97 Å². The van der Waals surface area contributed by atoms with Crippen LogP contribution in [0.25, 0.3) is 21.1 Å². The van der Waals surface area contributed by atoms with Gasteiger partial charge in [-0.3, -0.25) is 4.90 Å². The Balaban J connectivity index is 0.00000173. The highest BCUT2D eigenvalue weighted by Gasteiger charge is 2.30. The summed E-state index contributed by atoms with van der Waals surface area (Å²) in [5.41, 5.74) is 10.3. The van der Waals surface area contributed by atoms with Gasteiger partial charge in [0.2, 0.25) is 0 Å². The van der Waals surface area contributed by atoms with Crippen molar-refractivity contribution >= 4 is 38.3 Å². The lowest BCUT2D eigenvalue weighted by atomic mass is 9.81. The van der Waals surface area contributed by atoms with Crippen LogP contribution in [0.2, 0.25) is 0 Å². The van der Waals surface area contributed by atoms with Gasteiger partial charge in [0.05, 0.1) is 11.8 Å². The van der Waals surface area contributed by atoms with Crippen LogP contribution in [-0.2, 0) is 19.5 Å². The van der Waals surface area contributed by atoms with Crippen molar-refractivity contribution in [2.75, 3.05) is 18.4 Å². The summed E-state index contributed by atoms with van der Waals surface area (Å²) >= 11 is 1.07. The number of thiophene rings is 1. The van der Waals surface area contributed by atoms with E-state index in [1.807, 2.05) is 6.07 Å². The molecule has 1 saturated carbocycles. The van der Waals surface area contributed by atoms with E-state index in [9.17, 15) is 18.4 Å². The van der Waals surface area contributed by atoms with Crippen LogP contribution in [0.3, 0.4) is 0 Å². The molecule has 0 amide bonds. The Morgan fingerprint density at radius 2 is 1.88 bits per heavy atom. The van der Waals surface area contributed by atoms with E-state index < -0.39 is 12.6 Å². The van der Waals surface area contributed by atoms with Gasteiger partial charge in [0.25, 0.3) is 0 Å². The minimum Gasteiger partial charge on any atom is -0.367 e. The molecule has 42 heavy (non-hydrogen) atoms. The molecular weight excluding hydrogens is 559 g/mol. The predicted octanol–water partition coefficient (Wildman–Crippen LogP) is 5.99. The Morgan fingerprint density at radius 1 is 1.14 bits per heavy atom. The Hall–Kier alpha value is -3.64. The fraction of sp³-hybridized carbons (Fsp3) is 0.452.